The lowest BCUT2D eigenvalue weighted by Gasteiger charge is -2.46. The number of aromatic nitrogens is 14. The molecule has 0 radical (unpaired) electrons. The molecule has 728 valence electrons. The molecule has 0 aromatic carbocycles. The number of fused-ring (bicyclic) bond motifs is 3. The average Bonchev–Trinajstić information content (AvgIpc) is 1.60. The number of rotatable bonds is 18. The van der Waals surface area contributed by atoms with Gasteiger partial charge in [-0.05, 0) is 139 Å². The first-order valence-electron chi connectivity index (χ1n) is 45.8. The van der Waals surface area contributed by atoms with Gasteiger partial charge in [-0.2, -0.15) is 20.4 Å². The molecule has 0 saturated carbocycles. The SMILES string of the molecule is CC(=O)OCc1c(-c2cc(Nc3ccc(N4CCN(C5COC5)C[C@@H]4C)cn3)c(=O)n(C)n2)ccnc1N1CCn2c(cc3c2CC(C)(C)C3)C1=O.C[C@H]1CN(C(=O)OC(C)(C)C)CCN1c1ccc(Nc2cc(Cl)nn(C)c2=O)nc1.C[C@H]1CN(C2COC2)CCN1c1ccc(Nc2cc(Cl)nn(C)c2=O)nc1.C[C@H]1CNCCN1c1ccc(Nc2cc(Cl)nn(C)c2=O)nc1.O=C1COC1. The summed E-state index contributed by atoms with van der Waals surface area (Å²) in [5.74, 6) is 2.23. The standard InChI is InChI=1S/C38H45N9O5.C20H27ClN6O3.C18H23ClN6O2.C15H19ClN6O.C3H4O2/c1-23-19-44(27-20-51-21-27)10-11-45(23)26-6-7-34(40-18-26)41-31-15-30(42-43(5)36(31)49)28-8-9-39-35(29(28)22-52-24(2)48)47-13-12-46-32(37(47)50)14-25-16-38(3,4)17-33(25)46;1-13-12-26(19(29)30-20(2,3)4)8-9-27(13)14-6-7-17(22-11-14)23-15-10-16(21)24-25(5)18(15)28;1-12-9-24(14-10-27-11-14)5-6-25(12)13-3-4-17(20-8-13)21-15-7-16(19)22-23(2)18(15)26;1-10-8-17-5-6-22(10)11-3-4-14(18-9-11)19-12-7-13(16)20-21(2)15(12)23;4-3-1-5-2-3/h6-9,14-15,18,23,27H,10-13,16-17,19-22H2,1-5H3,(H,40,41);6-7,10-11,13H,8-9,12H2,1-5H3,(H,22,23);3-4,7-8,12,14H,5-6,9-11H2,1-2H3,(H,20,21);3-4,7,9-10,17H,5-6,8H2,1-2H3,(H,18,19);1-2H2/t23-;13-;12-;10-;/m0000./s1. The second-order valence-electron chi connectivity index (χ2n) is 37.2. The summed E-state index contributed by atoms with van der Waals surface area (Å²) in [5.41, 5.74) is 8.60. The zero-order valence-corrected chi connectivity index (χ0v) is 81.7. The number of hydrogen-bond acceptors (Lipinski definition) is 33. The first-order valence-corrected chi connectivity index (χ1v) is 46.9. The molecule has 7 fully saturated rings. The van der Waals surface area contributed by atoms with Gasteiger partial charge in [0, 0.05) is 192 Å². The fourth-order valence-corrected chi connectivity index (χ4v) is 18.5. The van der Waals surface area contributed by atoms with E-state index in [0.717, 1.165) is 121 Å². The average molecular weight is 1940 g/mol. The lowest BCUT2D eigenvalue weighted by Crippen LogP contribution is -2.59. The molecule has 10 aromatic rings. The van der Waals surface area contributed by atoms with Gasteiger partial charge in [0.1, 0.15) is 83.0 Å². The molecule has 137 heavy (non-hydrogen) atoms. The number of hydrogen-bond donors (Lipinski definition) is 5. The third-order valence-corrected chi connectivity index (χ3v) is 25.6. The summed E-state index contributed by atoms with van der Waals surface area (Å²) >= 11 is 17.7. The molecule has 2 amide bonds. The monoisotopic (exact) mass is 1940 g/mol. The van der Waals surface area contributed by atoms with Gasteiger partial charge >= 0.3 is 12.1 Å². The van der Waals surface area contributed by atoms with Gasteiger partial charge < -0.3 is 79.3 Å². The highest BCUT2D eigenvalue weighted by molar-refractivity contribution is 6.30. The Balaban J connectivity index is 0.000000144. The fraction of sp³-hybridized carbons (Fsp3) is 0.479. The Bertz CT molecular complexity index is 6260. The summed E-state index contributed by atoms with van der Waals surface area (Å²) in [6.07, 6.45) is 10.4. The zero-order chi connectivity index (χ0) is 97.4. The second-order valence-corrected chi connectivity index (χ2v) is 38.3. The summed E-state index contributed by atoms with van der Waals surface area (Å²) in [4.78, 5) is 138. The molecule has 0 bridgehead atoms. The van der Waals surface area contributed by atoms with Crippen LogP contribution in [0.5, 0.6) is 0 Å². The molecule has 0 unspecified atom stereocenters. The highest BCUT2D eigenvalue weighted by Crippen LogP contribution is 2.41. The van der Waals surface area contributed by atoms with E-state index in [1.54, 1.807) is 61.5 Å². The number of halogens is 3. The van der Waals surface area contributed by atoms with Gasteiger partial charge in [0.05, 0.1) is 91.7 Å². The minimum Gasteiger partial charge on any atom is -0.461 e. The number of pyridine rings is 5. The number of nitrogens with one attached hydrogen (secondary N) is 5. The Morgan fingerprint density at radius 2 is 0.942 bits per heavy atom. The number of nitrogens with zero attached hydrogens (tertiary/aromatic N) is 22. The van der Waals surface area contributed by atoms with Crippen molar-refractivity contribution < 1.29 is 42.9 Å². The van der Waals surface area contributed by atoms with Crippen molar-refractivity contribution >= 4 is 133 Å². The maximum Gasteiger partial charge on any atom is 0.410 e. The van der Waals surface area contributed by atoms with Gasteiger partial charge in [-0.3, -0.25) is 48.3 Å². The van der Waals surface area contributed by atoms with E-state index in [1.807, 2.05) is 87.9 Å². The van der Waals surface area contributed by atoms with Crippen molar-refractivity contribution in [1.29, 1.82) is 0 Å². The number of esters is 1. The molecule has 4 atom stereocenters. The van der Waals surface area contributed by atoms with Crippen LogP contribution in [0.4, 0.5) is 79.4 Å². The van der Waals surface area contributed by atoms with Gasteiger partial charge in [0.2, 0.25) is 0 Å². The first-order chi connectivity index (χ1) is 65.4. The highest BCUT2D eigenvalue weighted by Gasteiger charge is 2.40. The van der Waals surface area contributed by atoms with Crippen LogP contribution >= 0.6 is 34.8 Å². The minimum atomic E-state index is -0.510. The van der Waals surface area contributed by atoms with E-state index in [9.17, 15) is 38.4 Å². The molecule has 9 aliphatic rings. The van der Waals surface area contributed by atoms with Crippen molar-refractivity contribution in [1.82, 2.24) is 88.6 Å². The third kappa shape index (κ3) is 24.2. The Hall–Kier alpha value is -12.5. The van der Waals surface area contributed by atoms with Gasteiger partial charge in [-0.25, -0.2) is 48.4 Å². The molecule has 18 heterocycles. The number of Topliss-reactive ketones (excluding diaryl/α,β-unsaturated/α-hetero) is 1. The summed E-state index contributed by atoms with van der Waals surface area (Å²) in [5, 5.41) is 32.5. The van der Waals surface area contributed by atoms with Crippen molar-refractivity contribution in [2.24, 2.45) is 33.6 Å². The van der Waals surface area contributed by atoms with E-state index in [-0.39, 0.29) is 79.2 Å². The Morgan fingerprint density at radius 1 is 0.511 bits per heavy atom. The maximum atomic E-state index is 14.0. The zero-order valence-electron chi connectivity index (χ0n) is 79.5. The fourth-order valence-electron chi connectivity index (χ4n) is 17.8. The lowest BCUT2D eigenvalue weighted by molar-refractivity contribution is -0.142. The van der Waals surface area contributed by atoms with E-state index in [1.165, 1.54) is 62.2 Å². The Labute approximate surface area is 807 Å². The van der Waals surface area contributed by atoms with E-state index in [2.05, 4.69) is 152 Å². The minimum absolute atomic E-state index is 0.109. The molecular formula is C94H118Cl3N27O13. The second kappa shape index (κ2) is 43.0. The third-order valence-electron chi connectivity index (χ3n) is 25.0. The van der Waals surface area contributed by atoms with Crippen LogP contribution in [0.1, 0.15) is 96.5 Å². The number of ketones is 1. The summed E-state index contributed by atoms with van der Waals surface area (Å²) in [6.45, 7) is 35.7. The molecule has 40 nitrogen and oxygen atoms in total. The predicted octanol–water partition coefficient (Wildman–Crippen LogP) is 9.00. The van der Waals surface area contributed by atoms with E-state index in [4.69, 9.17) is 53.8 Å². The molecule has 5 N–H and O–H groups in total. The predicted molar refractivity (Wildman–Crippen MR) is 525 cm³/mol. The molecule has 19 rings (SSSR count). The van der Waals surface area contributed by atoms with Crippen LogP contribution in [-0.2, 0) is 87.5 Å². The Morgan fingerprint density at radius 3 is 1.33 bits per heavy atom. The molecule has 8 aliphatic heterocycles. The summed E-state index contributed by atoms with van der Waals surface area (Å²) < 4.78 is 33.2. The number of aryl methyl sites for hydroxylation is 4. The van der Waals surface area contributed by atoms with Crippen LogP contribution in [0.2, 0.25) is 15.5 Å². The van der Waals surface area contributed by atoms with Crippen molar-refractivity contribution in [2.45, 2.75) is 137 Å². The molecule has 43 heteroatoms. The topological polar surface area (TPSA) is 409 Å². The van der Waals surface area contributed by atoms with Gasteiger partial charge in [-0.1, -0.05) is 48.7 Å². The van der Waals surface area contributed by atoms with E-state index < -0.39 is 11.6 Å². The largest absolute Gasteiger partial charge is 0.461 e. The van der Waals surface area contributed by atoms with Crippen molar-refractivity contribution in [3.8, 4) is 11.3 Å². The molecule has 10 aromatic heterocycles. The first kappa shape index (κ1) is 99.0. The molecule has 7 saturated heterocycles. The normalized spacial score (nSPS) is 19.3. The molecule has 0 spiro atoms. The van der Waals surface area contributed by atoms with Gasteiger partial charge in [-0.15, -0.1) is 0 Å². The quantitative estimate of drug-likeness (QED) is 0.0500. The van der Waals surface area contributed by atoms with E-state index >= 15 is 0 Å². The van der Waals surface area contributed by atoms with Gasteiger partial charge in [0.15, 0.2) is 21.2 Å². The summed E-state index contributed by atoms with van der Waals surface area (Å²) in [7, 11) is 6.24. The number of anilines is 13. The Kier molecular flexibility index (Phi) is 31.1. The number of amides is 2. The van der Waals surface area contributed by atoms with Crippen LogP contribution in [0.25, 0.3) is 11.3 Å². The molecule has 1 aliphatic carbocycles. The van der Waals surface area contributed by atoms with Crippen LogP contribution in [0.3, 0.4) is 0 Å². The number of ether oxygens (including phenoxy) is 5. The van der Waals surface area contributed by atoms with Crippen LogP contribution < -0.4 is 73.3 Å². The molecular weight excluding hydrogens is 1820 g/mol. The maximum absolute atomic E-state index is 14.0. The number of piperazine rings is 4. The van der Waals surface area contributed by atoms with E-state index in [0.29, 0.717) is 145 Å². The van der Waals surface area contributed by atoms with Crippen molar-refractivity contribution in [3.63, 3.8) is 0 Å². The van der Waals surface area contributed by atoms with Crippen molar-refractivity contribution in [3.05, 3.63) is 195 Å². The smallest absolute Gasteiger partial charge is 0.410 e. The number of carbonyl (C=O) groups is 4. The summed E-state index contributed by atoms with van der Waals surface area (Å²) in [6, 6.07) is 27.7. The van der Waals surface area contributed by atoms with Crippen LogP contribution in [0.15, 0.2) is 135 Å². The van der Waals surface area contributed by atoms with Crippen LogP contribution in [-0.4, -0.2) is 274 Å². The van der Waals surface area contributed by atoms with Crippen LogP contribution in [0, 0.1) is 5.41 Å². The number of carbonyl (C=O) groups excluding carboxylic acids is 4. The highest BCUT2D eigenvalue weighted by atomic mass is 35.5. The lowest BCUT2D eigenvalue weighted by atomic mass is 9.90. The van der Waals surface area contributed by atoms with Gasteiger partial charge in [0.25, 0.3) is 28.1 Å². The van der Waals surface area contributed by atoms with Crippen molar-refractivity contribution in [2.75, 3.05) is 170 Å².